The molecule has 0 radical (unpaired) electrons. The van der Waals surface area contributed by atoms with Crippen LogP contribution in [0.15, 0.2) is 40.2 Å². The van der Waals surface area contributed by atoms with E-state index >= 15 is 0 Å². The van der Waals surface area contributed by atoms with Gasteiger partial charge in [0.15, 0.2) is 0 Å². The summed E-state index contributed by atoms with van der Waals surface area (Å²) >= 11 is 4.85. The largest absolute Gasteiger partial charge is 0.387 e. The summed E-state index contributed by atoms with van der Waals surface area (Å²) in [6, 6.07) is 8.27. The second kappa shape index (κ2) is 5.08. The van der Waals surface area contributed by atoms with Crippen molar-refractivity contribution in [3.8, 4) is 0 Å². The molecule has 4 heteroatoms. The average molecular weight is 301 g/mol. The molecule has 0 fully saturated rings. The van der Waals surface area contributed by atoms with Crippen molar-refractivity contribution < 1.29 is 9.50 Å². The maximum Gasteiger partial charge on any atom is 0.123 e. The Morgan fingerprint density at radius 3 is 2.88 bits per heavy atom. The third-order valence-electron chi connectivity index (χ3n) is 2.29. The fraction of sp³-hybridized carbons (Fsp3) is 0.167. The van der Waals surface area contributed by atoms with Crippen molar-refractivity contribution in [3.63, 3.8) is 0 Å². The molecular formula is C12H10BrFOS. The van der Waals surface area contributed by atoms with Gasteiger partial charge in [-0.1, -0.05) is 22.0 Å². The zero-order chi connectivity index (χ0) is 11.5. The second-order valence-electron chi connectivity index (χ2n) is 3.47. The molecular weight excluding hydrogens is 291 g/mol. The highest BCUT2D eigenvalue weighted by Gasteiger charge is 2.12. The lowest BCUT2D eigenvalue weighted by molar-refractivity contribution is 0.182. The molecule has 16 heavy (non-hydrogen) atoms. The van der Waals surface area contributed by atoms with E-state index < -0.39 is 6.10 Å². The molecule has 0 bridgehead atoms. The van der Waals surface area contributed by atoms with Crippen molar-refractivity contribution >= 4 is 27.3 Å². The van der Waals surface area contributed by atoms with Crippen molar-refractivity contribution in [1.82, 2.24) is 0 Å². The van der Waals surface area contributed by atoms with E-state index in [4.69, 9.17) is 0 Å². The van der Waals surface area contributed by atoms with Crippen LogP contribution in [0.4, 0.5) is 4.39 Å². The van der Waals surface area contributed by atoms with E-state index in [-0.39, 0.29) is 5.82 Å². The van der Waals surface area contributed by atoms with Crippen molar-refractivity contribution in [2.75, 3.05) is 0 Å². The van der Waals surface area contributed by atoms with Gasteiger partial charge < -0.3 is 5.11 Å². The number of aliphatic hydroxyl groups is 1. The number of thiophene rings is 1. The van der Waals surface area contributed by atoms with Crippen molar-refractivity contribution in [1.29, 1.82) is 0 Å². The molecule has 1 heterocycles. The lowest BCUT2D eigenvalue weighted by Crippen LogP contribution is -2.00. The van der Waals surface area contributed by atoms with Crippen LogP contribution in [0.25, 0.3) is 0 Å². The molecule has 1 nitrogen and oxygen atoms in total. The third-order valence-corrected chi connectivity index (χ3v) is 4.04. The van der Waals surface area contributed by atoms with Gasteiger partial charge >= 0.3 is 0 Å². The quantitative estimate of drug-likeness (QED) is 0.911. The summed E-state index contributed by atoms with van der Waals surface area (Å²) in [5, 5.41) is 11.9. The van der Waals surface area contributed by atoms with Gasteiger partial charge in [0.25, 0.3) is 0 Å². The molecule has 0 amide bonds. The summed E-state index contributed by atoms with van der Waals surface area (Å²) < 4.78 is 13.9. The Kier molecular flexibility index (Phi) is 3.74. The molecule has 1 N–H and O–H groups in total. The Bertz CT molecular complexity index is 470. The van der Waals surface area contributed by atoms with Crippen LogP contribution >= 0.6 is 27.3 Å². The van der Waals surface area contributed by atoms with Crippen molar-refractivity contribution in [2.45, 2.75) is 12.5 Å². The van der Waals surface area contributed by atoms with Crippen LogP contribution in [0.1, 0.15) is 16.5 Å². The first-order valence-corrected chi connectivity index (χ1v) is 6.49. The fourth-order valence-corrected chi connectivity index (χ4v) is 2.61. The number of aliphatic hydroxyl groups excluding tert-OH is 1. The highest BCUT2D eigenvalue weighted by atomic mass is 79.9. The molecule has 0 aliphatic rings. The molecule has 84 valence electrons. The van der Waals surface area contributed by atoms with Crippen LogP contribution in [0.2, 0.25) is 0 Å². The van der Waals surface area contributed by atoms with Gasteiger partial charge in [-0.15, -0.1) is 11.3 Å². The predicted octanol–water partition coefficient (Wildman–Crippen LogP) is 3.93. The smallest absolute Gasteiger partial charge is 0.123 e. The Hall–Kier alpha value is -0.710. The van der Waals surface area contributed by atoms with Crippen molar-refractivity contribution in [2.24, 2.45) is 0 Å². The standard InChI is InChI=1S/C12H10BrFOS/c13-10-4-3-9(14)6-8(10)7-11(15)12-2-1-5-16-12/h1-6,11,15H,7H2. The minimum absolute atomic E-state index is 0.281. The van der Waals surface area contributed by atoms with E-state index in [1.807, 2.05) is 17.5 Å². The summed E-state index contributed by atoms with van der Waals surface area (Å²) in [7, 11) is 0. The first-order chi connectivity index (χ1) is 7.66. The van der Waals surface area contributed by atoms with Gasteiger partial charge in [-0.2, -0.15) is 0 Å². The highest BCUT2D eigenvalue weighted by molar-refractivity contribution is 9.10. The van der Waals surface area contributed by atoms with E-state index in [1.165, 1.54) is 23.5 Å². The molecule has 0 saturated heterocycles. The molecule has 1 atom stereocenters. The molecule has 0 saturated carbocycles. The van der Waals surface area contributed by atoms with Crippen LogP contribution < -0.4 is 0 Å². The van der Waals surface area contributed by atoms with Crippen LogP contribution in [0, 0.1) is 5.82 Å². The number of benzene rings is 1. The van der Waals surface area contributed by atoms with Crippen LogP contribution in [-0.2, 0) is 6.42 Å². The third kappa shape index (κ3) is 2.70. The van der Waals surface area contributed by atoms with Crippen LogP contribution in [0.5, 0.6) is 0 Å². The van der Waals surface area contributed by atoms with Gasteiger partial charge in [-0.3, -0.25) is 0 Å². The van der Waals surface area contributed by atoms with E-state index in [9.17, 15) is 9.50 Å². The van der Waals surface area contributed by atoms with Crippen LogP contribution in [-0.4, -0.2) is 5.11 Å². The summed E-state index contributed by atoms with van der Waals surface area (Å²) in [6.45, 7) is 0. The minimum atomic E-state index is -0.571. The van der Waals surface area contributed by atoms with E-state index in [1.54, 1.807) is 6.07 Å². The SMILES string of the molecule is OC(Cc1cc(F)ccc1Br)c1cccs1. The average Bonchev–Trinajstić information content (AvgIpc) is 2.76. The molecule has 2 rings (SSSR count). The predicted molar refractivity (Wildman–Crippen MR) is 67.1 cm³/mol. The van der Waals surface area contributed by atoms with E-state index in [2.05, 4.69) is 15.9 Å². The molecule has 1 unspecified atom stereocenters. The number of rotatable bonds is 3. The molecule has 0 spiro atoms. The van der Waals surface area contributed by atoms with Gasteiger partial charge in [0.05, 0.1) is 6.10 Å². The summed E-state index contributed by atoms with van der Waals surface area (Å²) in [5.74, 6) is -0.281. The Labute approximate surface area is 106 Å². The maximum atomic E-state index is 13.0. The van der Waals surface area contributed by atoms with Gasteiger partial charge in [0, 0.05) is 15.8 Å². The highest BCUT2D eigenvalue weighted by Crippen LogP contribution is 2.26. The van der Waals surface area contributed by atoms with E-state index in [0.29, 0.717) is 6.42 Å². The second-order valence-corrected chi connectivity index (χ2v) is 5.30. The van der Waals surface area contributed by atoms with Gasteiger partial charge in [0.1, 0.15) is 5.82 Å². The first-order valence-electron chi connectivity index (χ1n) is 4.82. The molecule has 0 aliphatic carbocycles. The lowest BCUT2D eigenvalue weighted by atomic mass is 10.1. The van der Waals surface area contributed by atoms with Crippen molar-refractivity contribution in [3.05, 3.63) is 56.4 Å². The number of hydrogen-bond donors (Lipinski definition) is 1. The molecule has 1 aromatic carbocycles. The van der Waals surface area contributed by atoms with E-state index in [0.717, 1.165) is 14.9 Å². The molecule has 1 aromatic heterocycles. The minimum Gasteiger partial charge on any atom is -0.387 e. The van der Waals surface area contributed by atoms with Gasteiger partial charge in [0.2, 0.25) is 0 Å². The Morgan fingerprint density at radius 1 is 1.38 bits per heavy atom. The maximum absolute atomic E-state index is 13.0. The summed E-state index contributed by atoms with van der Waals surface area (Å²) in [5.41, 5.74) is 0.779. The van der Waals surface area contributed by atoms with Gasteiger partial charge in [-0.25, -0.2) is 4.39 Å². The number of hydrogen-bond acceptors (Lipinski definition) is 2. The molecule has 2 aromatic rings. The zero-order valence-corrected chi connectivity index (χ0v) is 10.8. The zero-order valence-electron chi connectivity index (χ0n) is 8.36. The van der Waals surface area contributed by atoms with Crippen LogP contribution in [0.3, 0.4) is 0 Å². The normalized spacial score (nSPS) is 12.7. The fourth-order valence-electron chi connectivity index (χ4n) is 1.49. The Balaban J connectivity index is 2.17. The first kappa shape index (κ1) is 11.8. The summed E-state index contributed by atoms with van der Waals surface area (Å²) in [4.78, 5) is 0.899. The Morgan fingerprint density at radius 2 is 2.19 bits per heavy atom. The topological polar surface area (TPSA) is 20.2 Å². The lowest BCUT2D eigenvalue weighted by Gasteiger charge is -2.10. The number of halogens is 2. The monoisotopic (exact) mass is 300 g/mol. The van der Waals surface area contributed by atoms with Gasteiger partial charge in [-0.05, 0) is 35.2 Å². The molecule has 0 aliphatic heterocycles. The summed E-state index contributed by atoms with van der Waals surface area (Å²) in [6.07, 6.45) is -0.156.